The van der Waals surface area contributed by atoms with Crippen molar-refractivity contribution in [1.29, 1.82) is 0 Å². The second-order valence-corrected chi connectivity index (χ2v) is 4.53. The van der Waals surface area contributed by atoms with Crippen molar-refractivity contribution >= 4 is 33.2 Å². The van der Waals surface area contributed by atoms with Gasteiger partial charge in [0.2, 0.25) is 0 Å². The zero-order valence-electron chi connectivity index (χ0n) is 9.28. The first kappa shape index (κ1) is 12.6. The highest BCUT2D eigenvalue weighted by atomic mass is 79.9. The highest BCUT2D eigenvalue weighted by Crippen LogP contribution is 2.22. The molecule has 0 bridgehead atoms. The molecule has 2 aromatic rings. The highest BCUT2D eigenvalue weighted by molar-refractivity contribution is 9.10. The van der Waals surface area contributed by atoms with Gasteiger partial charge in [-0.05, 0) is 46.3 Å². The van der Waals surface area contributed by atoms with Crippen LogP contribution in [0, 0.1) is 5.82 Å². The fraction of sp³-hybridized carbons (Fsp3) is 0. The summed E-state index contributed by atoms with van der Waals surface area (Å²) in [4.78, 5) is 11.9. The molecule has 1 amide bonds. The molecule has 0 saturated heterocycles. The molecule has 92 valence electrons. The fourth-order valence-electron chi connectivity index (χ4n) is 1.47. The Bertz CT molecular complexity index is 601. The molecule has 0 radical (unpaired) electrons. The van der Waals surface area contributed by atoms with Gasteiger partial charge in [-0.2, -0.15) is 0 Å². The first-order chi connectivity index (χ1) is 8.58. The second kappa shape index (κ2) is 5.18. The van der Waals surface area contributed by atoms with Crippen LogP contribution in [0.2, 0.25) is 0 Å². The van der Waals surface area contributed by atoms with Crippen molar-refractivity contribution in [2.45, 2.75) is 0 Å². The molecule has 18 heavy (non-hydrogen) atoms. The predicted octanol–water partition coefficient (Wildman–Crippen LogP) is 3.42. The van der Waals surface area contributed by atoms with Crippen molar-refractivity contribution in [3.05, 3.63) is 58.3 Å². The third-order valence-corrected chi connectivity index (χ3v) is 3.05. The van der Waals surface area contributed by atoms with Gasteiger partial charge in [0.25, 0.3) is 5.91 Å². The van der Waals surface area contributed by atoms with E-state index in [2.05, 4.69) is 21.2 Å². The van der Waals surface area contributed by atoms with Crippen LogP contribution in [-0.4, -0.2) is 5.91 Å². The van der Waals surface area contributed by atoms with Crippen molar-refractivity contribution in [2.24, 2.45) is 0 Å². The average Bonchev–Trinajstić information content (AvgIpc) is 2.32. The summed E-state index contributed by atoms with van der Waals surface area (Å²) in [7, 11) is 0. The van der Waals surface area contributed by atoms with Gasteiger partial charge in [0.05, 0.1) is 11.3 Å². The number of nitrogen functional groups attached to an aromatic ring is 1. The van der Waals surface area contributed by atoms with Crippen LogP contribution in [0.5, 0.6) is 0 Å². The molecular formula is C13H10BrFN2O. The van der Waals surface area contributed by atoms with Gasteiger partial charge in [0.1, 0.15) is 5.82 Å². The largest absolute Gasteiger partial charge is 0.399 e. The number of hydrogen-bond donors (Lipinski definition) is 2. The van der Waals surface area contributed by atoms with Crippen LogP contribution in [0.15, 0.2) is 46.9 Å². The topological polar surface area (TPSA) is 55.1 Å². The number of nitrogens with two attached hydrogens (primary N) is 1. The maximum Gasteiger partial charge on any atom is 0.258 e. The van der Waals surface area contributed by atoms with Crippen LogP contribution >= 0.6 is 15.9 Å². The van der Waals surface area contributed by atoms with Gasteiger partial charge in [-0.3, -0.25) is 4.79 Å². The lowest BCUT2D eigenvalue weighted by molar-refractivity contribution is 0.102. The molecule has 0 fully saturated rings. The number of rotatable bonds is 2. The van der Waals surface area contributed by atoms with E-state index in [0.717, 1.165) is 10.5 Å². The van der Waals surface area contributed by atoms with Gasteiger partial charge in [-0.1, -0.05) is 12.1 Å². The van der Waals surface area contributed by atoms with Gasteiger partial charge < -0.3 is 11.1 Å². The Labute approximate surface area is 112 Å². The molecule has 0 spiro atoms. The number of hydrogen-bond acceptors (Lipinski definition) is 2. The Morgan fingerprint density at radius 1 is 1.22 bits per heavy atom. The second-order valence-electron chi connectivity index (χ2n) is 3.67. The number of anilines is 2. The molecule has 0 atom stereocenters. The minimum absolute atomic E-state index is 0.0417. The lowest BCUT2D eigenvalue weighted by atomic mass is 10.1. The third kappa shape index (κ3) is 2.68. The molecule has 0 aliphatic rings. The molecule has 0 aromatic heterocycles. The molecule has 0 aliphatic carbocycles. The van der Waals surface area contributed by atoms with E-state index in [1.54, 1.807) is 18.2 Å². The Morgan fingerprint density at radius 3 is 2.61 bits per heavy atom. The fourth-order valence-corrected chi connectivity index (χ4v) is 1.85. The SMILES string of the molecule is Nc1ccc(C(=O)Nc2ccccc2Br)c(F)c1. The van der Waals surface area contributed by atoms with E-state index >= 15 is 0 Å². The summed E-state index contributed by atoms with van der Waals surface area (Å²) in [6, 6.07) is 11.1. The summed E-state index contributed by atoms with van der Waals surface area (Å²) in [5.41, 5.74) is 6.25. The maximum absolute atomic E-state index is 13.6. The summed E-state index contributed by atoms with van der Waals surface area (Å²) in [5.74, 6) is -1.15. The van der Waals surface area contributed by atoms with E-state index in [1.807, 2.05) is 6.07 Å². The molecule has 0 unspecified atom stereocenters. The molecule has 2 aromatic carbocycles. The molecule has 5 heteroatoms. The monoisotopic (exact) mass is 308 g/mol. The quantitative estimate of drug-likeness (QED) is 0.835. The Balaban J connectivity index is 2.25. The van der Waals surface area contributed by atoms with Crippen molar-refractivity contribution in [1.82, 2.24) is 0 Å². The summed E-state index contributed by atoms with van der Waals surface area (Å²) >= 11 is 3.30. The van der Waals surface area contributed by atoms with Gasteiger partial charge in [0, 0.05) is 10.2 Å². The highest BCUT2D eigenvalue weighted by Gasteiger charge is 2.12. The minimum atomic E-state index is -0.639. The van der Waals surface area contributed by atoms with Gasteiger partial charge in [0.15, 0.2) is 0 Å². The van der Waals surface area contributed by atoms with Gasteiger partial charge in [-0.15, -0.1) is 0 Å². The smallest absolute Gasteiger partial charge is 0.258 e. The van der Waals surface area contributed by atoms with E-state index in [-0.39, 0.29) is 11.3 Å². The van der Waals surface area contributed by atoms with Crippen molar-refractivity contribution in [3.63, 3.8) is 0 Å². The number of benzene rings is 2. The number of carbonyl (C=O) groups excluding carboxylic acids is 1. The van der Waals surface area contributed by atoms with Crippen LogP contribution in [0.25, 0.3) is 0 Å². The molecular weight excluding hydrogens is 299 g/mol. The predicted molar refractivity (Wildman–Crippen MR) is 72.9 cm³/mol. The maximum atomic E-state index is 13.6. The molecule has 0 heterocycles. The number of nitrogens with one attached hydrogen (secondary N) is 1. The molecule has 2 rings (SSSR count). The summed E-state index contributed by atoms with van der Waals surface area (Å²) in [6.07, 6.45) is 0. The van der Waals surface area contributed by atoms with E-state index in [4.69, 9.17) is 5.73 Å². The first-order valence-corrected chi connectivity index (χ1v) is 5.98. The normalized spacial score (nSPS) is 10.1. The number of carbonyl (C=O) groups is 1. The van der Waals surface area contributed by atoms with E-state index in [9.17, 15) is 9.18 Å². The summed E-state index contributed by atoms with van der Waals surface area (Å²) in [6.45, 7) is 0. The lowest BCUT2D eigenvalue weighted by Gasteiger charge is -2.08. The van der Waals surface area contributed by atoms with Crippen molar-refractivity contribution in [2.75, 3.05) is 11.1 Å². The number of amides is 1. The van der Waals surface area contributed by atoms with Crippen LogP contribution in [-0.2, 0) is 0 Å². The Kier molecular flexibility index (Phi) is 3.62. The van der Waals surface area contributed by atoms with Crippen LogP contribution in [0.3, 0.4) is 0 Å². The molecule has 0 aliphatic heterocycles. The third-order valence-electron chi connectivity index (χ3n) is 2.36. The van der Waals surface area contributed by atoms with E-state index in [0.29, 0.717) is 5.69 Å². The van der Waals surface area contributed by atoms with E-state index in [1.165, 1.54) is 12.1 Å². The van der Waals surface area contributed by atoms with Crippen molar-refractivity contribution < 1.29 is 9.18 Å². The molecule has 0 saturated carbocycles. The van der Waals surface area contributed by atoms with Gasteiger partial charge in [-0.25, -0.2) is 4.39 Å². The summed E-state index contributed by atoms with van der Waals surface area (Å²) in [5, 5.41) is 2.62. The Morgan fingerprint density at radius 2 is 1.94 bits per heavy atom. The van der Waals surface area contributed by atoms with Crippen LogP contribution < -0.4 is 11.1 Å². The zero-order chi connectivity index (χ0) is 13.1. The van der Waals surface area contributed by atoms with E-state index < -0.39 is 11.7 Å². The van der Waals surface area contributed by atoms with Crippen LogP contribution in [0.4, 0.5) is 15.8 Å². The lowest BCUT2D eigenvalue weighted by Crippen LogP contribution is -2.14. The summed E-state index contributed by atoms with van der Waals surface area (Å²) < 4.78 is 14.3. The number of halogens is 2. The molecule has 3 nitrogen and oxygen atoms in total. The first-order valence-electron chi connectivity index (χ1n) is 5.19. The van der Waals surface area contributed by atoms with Gasteiger partial charge >= 0.3 is 0 Å². The Hall–Kier alpha value is -1.88. The zero-order valence-corrected chi connectivity index (χ0v) is 10.9. The molecule has 3 N–H and O–H groups in total. The average molecular weight is 309 g/mol. The standard InChI is InChI=1S/C13H10BrFN2O/c14-10-3-1-2-4-12(10)17-13(18)9-6-5-8(16)7-11(9)15/h1-7H,16H2,(H,17,18). The number of para-hydroxylation sites is 1. The minimum Gasteiger partial charge on any atom is -0.399 e. The van der Waals surface area contributed by atoms with Crippen LogP contribution in [0.1, 0.15) is 10.4 Å². The van der Waals surface area contributed by atoms with Crippen molar-refractivity contribution in [3.8, 4) is 0 Å².